The summed E-state index contributed by atoms with van der Waals surface area (Å²) in [6, 6.07) is 6.98. The Labute approximate surface area is 122 Å². The van der Waals surface area contributed by atoms with Crippen LogP contribution in [0.15, 0.2) is 18.2 Å². The first-order valence-corrected chi connectivity index (χ1v) is 7.83. The number of nitrogens with one attached hydrogen (secondary N) is 1. The molecule has 0 radical (unpaired) electrons. The SMILES string of the molecule is CCCC1CCCCN1c1cc(Cl)ccc1CNC. The Kier molecular flexibility index (Phi) is 5.53. The van der Waals surface area contributed by atoms with Gasteiger partial charge in [-0.25, -0.2) is 0 Å². The number of piperidine rings is 1. The fourth-order valence-electron chi connectivity index (χ4n) is 3.10. The van der Waals surface area contributed by atoms with Crippen LogP contribution in [-0.4, -0.2) is 19.6 Å². The highest BCUT2D eigenvalue weighted by Gasteiger charge is 2.23. The molecule has 3 heteroatoms. The largest absolute Gasteiger partial charge is 0.368 e. The molecule has 1 unspecified atom stereocenters. The van der Waals surface area contributed by atoms with Crippen LogP contribution in [0.5, 0.6) is 0 Å². The minimum atomic E-state index is 0.688. The van der Waals surface area contributed by atoms with E-state index in [1.807, 2.05) is 13.1 Å². The monoisotopic (exact) mass is 280 g/mol. The molecule has 0 saturated carbocycles. The van der Waals surface area contributed by atoms with E-state index >= 15 is 0 Å². The zero-order valence-corrected chi connectivity index (χ0v) is 12.8. The van der Waals surface area contributed by atoms with Gasteiger partial charge in [0, 0.05) is 29.8 Å². The molecule has 1 atom stereocenters. The van der Waals surface area contributed by atoms with Crippen molar-refractivity contribution in [2.24, 2.45) is 0 Å². The van der Waals surface area contributed by atoms with Gasteiger partial charge < -0.3 is 10.2 Å². The van der Waals surface area contributed by atoms with Crippen molar-refractivity contribution in [2.45, 2.75) is 51.6 Å². The predicted octanol–water partition coefficient (Wildman–Crippen LogP) is 4.22. The highest BCUT2D eigenvalue weighted by atomic mass is 35.5. The van der Waals surface area contributed by atoms with E-state index < -0.39 is 0 Å². The summed E-state index contributed by atoms with van der Waals surface area (Å²) in [5.41, 5.74) is 2.69. The lowest BCUT2D eigenvalue weighted by molar-refractivity contribution is 0.433. The van der Waals surface area contributed by atoms with Gasteiger partial charge in [-0.1, -0.05) is 31.0 Å². The third-order valence-electron chi connectivity index (χ3n) is 3.97. The Hall–Kier alpha value is -0.730. The molecule has 1 saturated heterocycles. The average Bonchev–Trinajstić information content (AvgIpc) is 2.42. The van der Waals surface area contributed by atoms with Crippen LogP contribution in [0.25, 0.3) is 0 Å². The van der Waals surface area contributed by atoms with E-state index in [-0.39, 0.29) is 0 Å². The van der Waals surface area contributed by atoms with Crippen molar-refractivity contribution in [3.05, 3.63) is 28.8 Å². The first kappa shape index (κ1) is 14.7. The number of anilines is 1. The van der Waals surface area contributed by atoms with Crippen molar-refractivity contribution in [3.8, 4) is 0 Å². The first-order valence-electron chi connectivity index (χ1n) is 7.46. The standard InChI is InChI=1S/C16H25ClN2/c1-3-6-15-7-4-5-10-19(15)16-11-14(17)9-8-13(16)12-18-2/h8-9,11,15,18H,3-7,10,12H2,1-2H3. The molecule has 1 aliphatic rings. The maximum Gasteiger partial charge on any atom is 0.0429 e. The minimum Gasteiger partial charge on any atom is -0.368 e. The minimum absolute atomic E-state index is 0.688. The molecule has 1 fully saturated rings. The van der Waals surface area contributed by atoms with Crippen LogP contribution in [-0.2, 0) is 6.54 Å². The van der Waals surface area contributed by atoms with Gasteiger partial charge in [-0.3, -0.25) is 0 Å². The van der Waals surface area contributed by atoms with Gasteiger partial charge in [0.1, 0.15) is 0 Å². The summed E-state index contributed by atoms with van der Waals surface area (Å²) in [5.74, 6) is 0. The number of halogens is 1. The van der Waals surface area contributed by atoms with E-state index in [1.165, 1.54) is 49.9 Å². The van der Waals surface area contributed by atoms with Gasteiger partial charge in [0.05, 0.1) is 0 Å². The Morgan fingerprint density at radius 1 is 1.37 bits per heavy atom. The summed E-state index contributed by atoms with van der Waals surface area (Å²) < 4.78 is 0. The normalized spacial score (nSPS) is 19.7. The number of hydrogen-bond acceptors (Lipinski definition) is 2. The molecule has 1 aromatic carbocycles. The Morgan fingerprint density at radius 2 is 2.21 bits per heavy atom. The summed E-state index contributed by atoms with van der Waals surface area (Å²) in [7, 11) is 2.00. The summed E-state index contributed by atoms with van der Waals surface area (Å²) in [5, 5.41) is 4.10. The van der Waals surface area contributed by atoms with Gasteiger partial charge in [0.2, 0.25) is 0 Å². The van der Waals surface area contributed by atoms with Crippen molar-refractivity contribution in [2.75, 3.05) is 18.5 Å². The van der Waals surface area contributed by atoms with Gasteiger partial charge in [0.15, 0.2) is 0 Å². The summed E-state index contributed by atoms with van der Waals surface area (Å²) in [4.78, 5) is 2.59. The second-order valence-corrected chi connectivity index (χ2v) is 5.87. The number of benzene rings is 1. The molecule has 106 valence electrons. The molecule has 0 aromatic heterocycles. The van der Waals surface area contributed by atoms with Crippen LogP contribution in [0, 0.1) is 0 Å². The van der Waals surface area contributed by atoms with Crippen molar-refractivity contribution in [1.29, 1.82) is 0 Å². The highest BCUT2D eigenvalue weighted by Crippen LogP contribution is 2.32. The zero-order valence-electron chi connectivity index (χ0n) is 12.1. The fourth-order valence-corrected chi connectivity index (χ4v) is 3.26. The summed E-state index contributed by atoms with van der Waals surface area (Å²) in [6.07, 6.45) is 6.52. The van der Waals surface area contributed by atoms with E-state index in [2.05, 4.69) is 29.3 Å². The van der Waals surface area contributed by atoms with E-state index in [0.29, 0.717) is 6.04 Å². The van der Waals surface area contributed by atoms with Crippen molar-refractivity contribution in [3.63, 3.8) is 0 Å². The second-order valence-electron chi connectivity index (χ2n) is 5.44. The van der Waals surface area contributed by atoms with Gasteiger partial charge in [0.25, 0.3) is 0 Å². The number of nitrogens with zero attached hydrogens (tertiary/aromatic N) is 1. The molecule has 1 N–H and O–H groups in total. The van der Waals surface area contributed by atoms with E-state index in [0.717, 1.165) is 11.6 Å². The predicted molar refractivity (Wildman–Crippen MR) is 84.1 cm³/mol. The smallest absolute Gasteiger partial charge is 0.0429 e. The van der Waals surface area contributed by atoms with Gasteiger partial charge in [-0.2, -0.15) is 0 Å². The van der Waals surface area contributed by atoms with Crippen molar-refractivity contribution in [1.82, 2.24) is 5.32 Å². The molecule has 1 aliphatic heterocycles. The quantitative estimate of drug-likeness (QED) is 0.869. The van der Waals surface area contributed by atoms with Crippen LogP contribution in [0.4, 0.5) is 5.69 Å². The van der Waals surface area contributed by atoms with Gasteiger partial charge in [-0.05, 0) is 50.4 Å². The fraction of sp³-hybridized carbons (Fsp3) is 0.625. The van der Waals surface area contributed by atoms with Crippen LogP contribution in [0.2, 0.25) is 5.02 Å². The molecular weight excluding hydrogens is 256 g/mol. The lowest BCUT2D eigenvalue weighted by Crippen LogP contribution is -2.40. The maximum atomic E-state index is 6.21. The van der Waals surface area contributed by atoms with Crippen LogP contribution >= 0.6 is 11.6 Å². The van der Waals surface area contributed by atoms with Crippen LogP contribution in [0.3, 0.4) is 0 Å². The van der Waals surface area contributed by atoms with Crippen LogP contribution < -0.4 is 10.2 Å². The topological polar surface area (TPSA) is 15.3 Å². The molecule has 1 heterocycles. The van der Waals surface area contributed by atoms with Crippen molar-refractivity contribution >= 4 is 17.3 Å². The molecule has 0 aliphatic carbocycles. The van der Waals surface area contributed by atoms with E-state index in [9.17, 15) is 0 Å². The molecular formula is C16H25ClN2. The van der Waals surface area contributed by atoms with Gasteiger partial charge in [-0.15, -0.1) is 0 Å². The molecule has 2 rings (SSSR count). The summed E-state index contributed by atoms with van der Waals surface area (Å²) in [6.45, 7) is 4.35. The zero-order chi connectivity index (χ0) is 13.7. The van der Waals surface area contributed by atoms with E-state index in [4.69, 9.17) is 11.6 Å². The lowest BCUT2D eigenvalue weighted by Gasteiger charge is -2.39. The third kappa shape index (κ3) is 3.64. The number of hydrogen-bond donors (Lipinski definition) is 1. The molecule has 0 amide bonds. The molecule has 0 bridgehead atoms. The molecule has 19 heavy (non-hydrogen) atoms. The van der Waals surface area contributed by atoms with E-state index in [1.54, 1.807) is 0 Å². The third-order valence-corrected chi connectivity index (χ3v) is 4.21. The summed E-state index contributed by atoms with van der Waals surface area (Å²) >= 11 is 6.21. The van der Waals surface area contributed by atoms with Gasteiger partial charge >= 0.3 is 0 Å². The highest BCUT2D eigenvalue weighted by molar-refractivity contribution is 6.30. The lowest BCUT2D eigenvalue weighted by atomic mass is 9.96. The molecule has 0 spiro atoms. The maximum absolute atomic E-state index is 6.21. The molecule has 2 nitrogen and oxygen atoms in total. The first-order chi connectivity index (χ1) is 9.26. The Morgan fingerprint density at radius 3 is 2.95 bits per heavy atom. The van der Waals surface area contributed by atoms with Crippen molar-refractivity contribution < 1.29 is 0 Å². The second kappa shape index (κ2) is 7.16. The average molecular weight is 281 g/mol. The Bertz CT molecular complexity index is 404. The number of rotatable bonds is 5. The Balaban J connectivity index is 2.28. The molecule has 1 aromatic rings. The van der Waals surface area contributed by atoms with Crippen LogP contribution in [0.1, 0.15) is 44.6 Å².